The third-order valence-corrected chi connectivity index (χ3v) is 4.73. The van der Waals surface area contributed by atoms with Gasteiger partial charge in [-0.2, -0.15) is 0 Å². The molecule has 3 aromatic rings. The van der Waals surface area contributed by atoms with E-state index in [0.29, 0.717) is 12.1 Å². The van der Waals surface area contributed by atoms with Crippen LogP contribution in [0.3, 0.4) is 0 Å². The van der Waals surface area contributed by atoms with Gasteiger partial charge in [0.2, 0.25) is 5.91 Å². The lowest BCUT2D eigenvalue weighted by Gasteiger charge is -2.10. The Kier molecular flexibility index (Phi) is 6.54. The number of para-hydroxylation sites is 2. The van der Waals surface area contributed by atoms with Gasteiger partial charge < -0.3 is 14.8 Å². The number of aryl methyl sites for hydroxylation is 1. The first kappa shape index (κ1) is 21.8. The summed E-state index contributed by atoms with van der Waals surface area (Å²) >= 11 is 0. The largest absolute Gasteiger partial charge is 0.465 e. The highest BCUT2D eigenvalue weighted by molar-refractivity contribution is 5.99. The highest BCUT2D eigenvalue weighted by Crippen LogP contribution is 2.18. The highest BCUT2D eigenvalue weighted by Gasteiger charge is 2.17. The normalized spacial score (nSPS) is 10.7. The molecule has 0 unspecified atom stereocenters. The highest BCUT2D eigenvalue weighted by atomic mass is 16.5. The predicted octanol–water partition coefficient (Wildman–Crippen LogP) is 2.42. The van der Waals surface area contributed by atoms with Crippen LogP contribution in [-0.2, 0) is 27.4 Å². The second kappa shape index (κ2) is 9.29. The molecule has 0 bridgehead atoms. The number of carbonyl (C=O) groups is 3. The van der Waals surface area contributed by atoms with E-state index in [1.165, 1.54) is 37.0 Å². The summed E-state index contributed by atoms with van der Waals surface area (Å²) in [6.45, 7) is 2.28. The maximum atomic E-state index is 12.9. The predicted molar refractivity (Wildman–Crippen MR) is 114 cm³/mol. The number of aromatic nitrogens is 2. The van der Waals surface area contributed by atoms with E-state index in [9.17, 15) is 19.2 Å². The van der Waals surface area contributed by atoms with E-state index in [0.717, 1.165) is 11.9 Å². The molecule has 2 aromatic carbocycles. The Morgan fingerprint density at radius 1 is 0.903 bits per heavy atom. The van der Waals surface area contributed by atoms with Crippen LogP contribution in [0.1, 0.15) is 34.1 Å². The van der Waals surface area contributed by atoms with Gasteiger partial charge in [-0.1, -0.05) is 19.1 Å². The summed E-state index contributed by atoms with van der Waals surface area (Å²) in [5, 5.41) is 2.64. The molecule has 0 aliphatic carbocycles. The Labute approximate surface area is 178 Å². The molecule has 0 aliphatic heterocycles. The van der Waals surface area contributed by atoms with Gasteiger partial charge in [0.1, 0.15) is 6.54 Å². The number of esters is 2. The van der Waals surface area contributed by atoms with Crippen LogP contribution in [0.4, 0.5) is 5.69 Å². The number of benzene rings is 2. The van der Waals surface area contributed by atoms with Crippen LogP contribution < -0.4 is 11.0 Å². The molecule has 3 rings (SSSR count). The number of nitrogens with one attached hydrogen (secondary N) is 1. The molecule has 0 aliphatic rings. The molecule has 0 saturated heterocycles. The Balaban J connectivity index is 1.93. The summed E-state index contributed by atoms with van der Waals surface area (Å²) < 4.78 is 12.4. The minimum absolute atomic E-state index is 0.0809. The quantitative estimate of drug-likeness (QED) is 0.583. The molecule has 31 heavy (non-hydrogen) atoms. The lowest BCUT2D eigenvalue weighted by molar-refractivity contribution is -0.116. The van der Waals surface area contributed by atoms with Gasteiger partial charge in [-0.3, -0.25) is 13.9 Å². The monoisotopic (exact) mass is 425 g/mol. The van der Waals surface area contributed by atoms with Gasteiger partial charge in [0.15, 0.2) is 0 Å². The van der Waals surface area contributed by atoms with Gasteiger partial charge in [-0.15, -0.1) is 0 Å². The Morgan fingerprint density at radius 3 is 1.97 bits per heavy atom. The van der Waals surface area contributed by atoms with Gasteiger partial charge in [0, 0.05) is 12.2 Å². The molecule has 0 spiro atoms. The average molecular weight is 425 g/mol. The minimum atomic E-state index is -0.667. The van der Waals surface area contributed by atoms with Gasteiger partial charge >= 0.3 is 17.6 Å². The van der Waals surface area contributed by atoms with Crippen molar-refractivity contribution in [1.29, 1.82) is 0 Å². The van der Waals surface area contributed by atoms with Crippen molar-refractivity contribution in [2.45, 2.75) is 26.4 Å². The number of hydrogen-bond acceptors (Lipinski definition) is 6. The fraction of sp³-hybridized carbons (Fsp3) is 0.273. The van der Waals surface area contributed by atoms with Crippen molar-refractivity contribution < 1.29 is 23.9 Å². The fourth-order valence-electron chi connectivity index (χ4n) is 3.38. The number of imidazole rings is 1. The van der Waals surface area contributed by atoms with E-state index in [1.54, 1.807) is 16.7 Å². The first-order valence-corrected chi connectivity index (χ1v) is 9.69. The molecule has 0 radical (unpaired) electrons. The van der Waals surface area contributed by atoms with Crippen molar-refractivity contribution in [3.8, 4) is 0 Å². The third-order valence-electron chi connectivity index (χ3n) is 4.73. The van der Waals surface area contributed by atoms with E-state index in [-0.39, 0.29) is 29.0 Å². The van der Waals surface area contributed by atoms with Gasteiger partial charge in [0.25, 0.3) is 0 Å². The Hall–Kier alpha value is -3.88. The first-order chi connectivity index (χ1) is 14.9. The molecule has 1 aromatic heterocycles. The fourth-order valence-corrected chi connectivity index (χ4v) is 3.38. The molecular weight excluding hydrogens is 402 g/mol. The number of carbonyl (C=O) groups excluding carboxylic acids is 3. The van der Waals surface area contributed by atoms with Crippen LogP contribution in [0, 0.1) is 0 Å². The number of nitrogens with zero attached hydrogens (tertiary/aromatic N) is 2. The summed E-state index contributed by atoms with van der Waals surface area (Å²) in [4.78, 5) is 49.4. The second-order valence-electron chi connectivity index (χ2n) is 6.84. The molecule has 0 fully saturated rings. The van der Waals surface area contributed by atoms with Crippen molar-refractivity contribution in [2.24, 2.45) is 0 Å². The maximum absolute atomic E-state index is 12.9. The Bertz CT molecular complexity index is 1170. The topological polar surface area (TPSA) is 109 Å². The number of anilines is 1. The van der Waals surface area contributed by atoms with Crippen molar-refractivity contribution in [3.05, 3.63) is 64.1 Å². The number of rotatable bonds is 7. The molecule has 1 N–H and O–H groups in total. The molecule has 0 atom stereocenters. The van der Waals surface area contributed by atoms with E-state index >= 15 is 0 Å². The van der Waals surface area contributed by atoms with Crippen LogP contribution in [-0.4, -0.2) is 41.2 Å². The molecule has 1 amide bonds. The van der Waals surface area contributed by atoms with E-state index in [1.807, 2.05) is 19.1 Å². The van der Waals surface area contributed by atoms with Crippen LogP contribution in [0.15, 0.2) is 47.3 Å². The van der Waals surface area contributed by atoms with Crippen molar-refractivity contribution >= 4 is 34.6 Å². The van der Waals surface area contributed by atoms with Gasteiger partial charge in [0.05, 0.1) is 36.4 Å². The van der Waals surface area contributed by atoms with E-state index in [4.69, 9.17) is 9.47 Å². The SMILES string of the molecule is CCCn1c(=O)n(CC(=O)Nc2cc(C(=O)OC)cc(C(=O)OC)c2)c2ccccc21. The van der Waals surface area contributed by atoms with Crippen molar-refractivity contribution in [3.63, 3.8) is 0 Å². The first-order valence-electron chi connectivity index (χ1n) is 9.69. The molecule has 162 valence electrons. The minimum Gasteiger partial charge on any atom is -0.465 e. The number of amides is 1. The van der Waals surface area contributed by atoms with Crippen LogP contribution in [0.5, 0.6) is 0 Å². The molecular formula is C22H23N3O6. The third kappa shape index (κ3) is 4.50. The number of hydrogen-bond donors (Lipinski definition) is 1. The lowest BCUT2D eigenvalue weighted by Crippen LogP contribution is -2.29. The molecule has 9 nitrogen and oxygen atoms in total. The van der Waals surface area contributed by atoms with E-state index < -0.39 is 17.8 Å². The van der Waals surface area contributed by atoms with Gasteiger partial charge in [-0.25, -0.2) is 14.4 Å². The van der Waals surface area contributed by atoms with Crippen LogP contribution in [0.25, 0.3) is 11.0 Å². The second-order valence-corrected chi connectivity index (χ2v) is 6.84. The number of methoxy groups -OCH3 is 2. The molecule has 0 saturated carbocycles. The summed E-state index contributed by atoms with van der Waals surface area (Å²) in [5.41, 5.74) is 1.49. The van der Waals surface area contributed by atoms with Crippen LogP contribution >= 0.6 is 0 Å². The summed E-state index contributed by atoms with van der Waals surface area (Å²) in [6, 6.07) is 11.3. The Morgan fingerprint density at radius 2 is 1.45 bits per heavy atom. The smallest absolute Gasteiger partial charge is 0.337 e. The number of fused-ring (bicyclic) bond motifs is 1. The van der Waals surface area contributed by atoms with Gasteiger partial charge in [-0.05, 0) is 36.8 Å². The summed E-state index contributed by atoms with van der Waals surface area (Å²) in [5.74, 6) is -1.82. The average Bonchev–Trinajstić information content (AvgIpc) is 3.03. The maximum Gasteiger partial charge on any atom is 0.337 e. The molecule has 1 heterocycles. The standard InChI is InChI=1S/C22H23N3O6/c1-4-9-24-17-7-5-6-8-18(17)25(22(24)29)13-19(26)23-16-11-14(20(27)30-2)10-15(12-16)21(28)31-3/h5-8,10-12H,4,9,13H2,1-3H3,(H,23,26). The van der Waals surface area contributed by atoms with Crippen molar-refractivity contribution in [2.75, 3.05) is 19.5 Å². The molecule has 9 heteroatoms. The van der Waals surface area contributed by atoms with E-state index in [2.05, 4.69) is 5.32 Å². The zero-order valence-corrected chi connectivity index (χ0v) is 17.5. The summed E-state index contributed by atoms with van der Waals surface area (Å²) in [7, 11) is 2.42. The zero-order valence-electron chi connectivity index (χ0n) is 17.5. The summed E-state index contributed by atoms with van der Waals surface area (Å²) in [6.07, 6.45) is 0.775. The lowest BCUT2D eigenvalue weighted by atomic mass is 10.1. The van der Waals surface area contributed by atoms with Crippen LogP contribution in [0.2, 0.25) is 0 Å². The van der Waals surface area contributed by atoms with Crippen molar-refractivity contribution in [1.82, 2.24) is 9.13 Å². The zero-order chi connectivity index (χ0) is 22.5. The number of ether oxygens (including phenoxy) is 2.